The van der Waals surface area contributed by atoms with Crippen LogP contribution in [0.15, 0.2) is 55.0 Å². The first-order valence-electron chi connectivity index (χ1n) is 16.3. The third kappa shape index (κ3) is 5.98. The molecule has 1 saturated carbocycles. The highest BCUT2D eigenvalue weighted by Gasteiger charge is 2.38. The molecule has 2 aromatic heterocycles. The number of likely N-dealkylation sites (tertiary alicyclic amines) is 1. The van der Waals surface area contributed by atoms with E-state index in [4.69, 9.17) is 26.3 Å². The number of anilines is 1. The normalized spacial score (nSPS) is 21.1. The molecule has 1 aromatic carbocycles. The molecule has 0 bridgehead atoms. The van der Waals surface area contributed by atoms with Gasteiger partial charge in [-0.1, -0.05) is 42.0 Å². The van der Waals surface area contributed by atoms with Gasteiger partial charge in [0.2, 0.25) is 0 Å². The number of hydrogen-bond acceptors (Lipinski definition) is 7. The Hall–Kier alpha value is -3.36. The first-order valence-corrected chi connectivity index (χ1v) is 16.7. The lowest BCUT2D eigenvalue weighted by molar-refractivity contribution is 0.0293. The van der Waals surface area contributed by atoms with Crippen molar-refractivity contribution in [2.24, 2.45) is 5.41 Å². The van der Waals surface area contributed by atoms with Crippen LogP contribution in [0.4, 0.5) is 5.82 Å². The van der Waals surface area contributed by atoms with Crippen molar-refractivity contribution in [3.8, 4) is 6.01 Å². The van der Waals surface area contributed by atoms with Crippen molar-refractivity contribution in [3.63, 3.8) is 0 Å². The second-order valence-corrected chi connectivity index (χ2v) is 13.5. The number of imidazole rings is 1. The molecule has 9 heteroatoms. The Labute approximate surface area is 266 Å². The molecule has 232 valence electrons. The average Bonchev–Trinajstić information content (AvgIpc) is 3.52. The Morgan fingerprint density at radius 3 is 2.61 bits per heavy atom. The summed E-state index contributed by atoms with van der Waals surface area (Å²) >= 11 is 6.72. The van der Waals surface area contributed by atoms with E-state index >= 15 is 0 Å². The average molecular weight is 614 g/mol. The molecule has 5 heterocycles. The summed E-state index contributed by atoms with van der Waals surface area (Å²) in [6.45, 7) is 8.60. The fraction of sp³-hybridized carbons (Fsp3) is 0.514. The van der Waals surface area contributed by atoms with E-state index in [0.717, 1.165) is 73.2 Å². The van der Waals surface area contributed by atoms with Gasteiger partial charge < -0.3 is 24.0 Å². The largest absolute Gasteiger partial charge is 0.460 e. The molecule has 3 aliphatic heterocycles. The number of fused-ring (bicyclic) bond motifs is 2. The van der Waals surface area contributed by atoms with Gasteiger partial charge in [0, 0.05) is 47.7 Å². The topological polar surface area (TPSA) is 62.6 Å². The minimum atomic E-state index is 0.168. The number of halogens is 1. The molecule has 1 spiro atoms. The predicted octanol–water partition coefficient (Wildman–Crippen LogP) is 6.36. The highest BCUT2D eigenvalue weighted by Crippen LogP contribution is 2.45. The zero-order valence-corrected chi connectivity index (χ0v) is 26.8. The van der Waals surface area contributed by atoms with Crippen LogP contribution in [0.2, 0.25) is 5.02 Å². The van der Waals surface area contributed by atoms with Crippen molar-refractivity contribution in [1.29, 1.82) is 0 Å². The number of nitrogens with zero attached hydrogens (tertiary/aromatic N) is 7. The highest BCUT2D eigenvalue weighted by atomic mass is 35.5. The zero-order chi connectivity index (χ0) is 30.1. The summed E-state index contributed by atoms with van der Waals surface area (Å²) in [5.74, 6) is 1.02. The molecule has 0 amide bonds. The summed E-state index contributed by atoms with van der Waals surface area (Å²) < 4.78 is 8.93. The van der Waals surface area contributed by atoms with Gasteiger partial charge in [-0.15, -0.1) is 0 Å². The number of ether oxygens (including phenoxy) is 1. The summed E-state index contributed by atoms with van der Waals surface area (Å²) in [6.07, 6.45) is 18.5. The minimum absolute atomic E-state index is 0.168. The number of aromatic nitrogens is 4. The summed E-state index contributed by atoms with van der Waals surface area (Å²) in [5.41, 5.74) is 6.15. The molecule has 7 rings (SSSR count). The van der Waals surface area contributed by atoms with E-state index in [1.807, 2.05) is 31.6 Å². The zero-order valence-electron chi connectivity index (χ0n) is 26.1. The van der Waals surface area contributed by atoms with Gasteiger partial charge in [0.05, 0.1) is 30.8 Å². The molecule has 0 radical (unpaired) electrons. The van der Waals surface area contributed by atoms with Crippen molar-refractivity contribution in [3.05, 3.63) is 82.6 Å². The van der Waals surface area contributed by atoms with Gasteiger partial charge in [0.15, 0.2) is 0 Å². The Morgan fingerprint density at radius 1 is 1.00 bits per heavy atom. The van der Waals surface area contributed by atoms with E-state index in [-0.39, 0.29) is 6.10 Å². The summed E-state index contributed by atoms with van der Waals surface area (Å²) in [6, 6.07) is 8.63. The molecular weight excluding hydrogens is 570 g/mol. The van der Waals surface area contributed by atoms with Crippen molar-refractivity contribution in [1.82, 2.24) is 29.3 Å². The van der Waals surface area contributed by atoms with E-state index in [2.05, 4.69) is 61.7 Å². The fourth-order valence-electron chi connectivity index (χ4n) is 7.56. The molecule has 44 heavy (non-hydrogen) atoms. The molecule has 4 aliphatic rings. The molecule has 8 nitrogen and oxygen atoms in total. The molecule has 1 aliphatic carbocycles. The maximum atomic E-state index is 6.72. The Balaban J connectivity index is 1.17. The lowest BCUT2D eigenvalue weighted by atomic mass is 9.67. The SMILES string of the molecule is C/C=C\C=C(/c1ccccc1Cl)N1CCc2c(nc(OC3CCC4(CC3)CCN(C)CC4)nc2N2CCn3cncc3C2)C1. The third-order valence-electron chi connectivity index (χ3n) is 10.3. The van der Waals surface area contributed by atoms with Gasteiger partial charge in [-0.3, -0.25) is 0 Å². The van der Waals surface area contributed by atoms with Gasteiger partial charge in [-0.05, 0) is 89.6 Å². The third-order valence-corrected chi connectivity index (χ3v) is 10.7. The van der Waals surface area contributed by atoms with Crippen molar-refractivity contribution in [2.45, 2.75) is 77.6 Å². The molecule has 0 atom stereocenters. The van der Waals surface area contributed by atoms with Crippen LogP contribution in [-0.4, -0.2) is 68.6 Å². The van der Waals surface area contributed by atoms with Crippen LogP contribution in [0.5, 0.6) is 6.01 Å². The Kier molecular flexibility index (Phi) is 8.38. The van der Waals surface area contributed by atoms with Crippen molar-refractivity contribution in [2.75, 3.05) is 38.1 Å². The lowest BCUT2D eigenvalue weighted by Gasteiger charge is -2.45. The summed E-state index contributed by atoms with van der Waals surface area (Å²) in [7, 11) is 2.25. The van der Waals surface area contributed by atoms with Crippen molar-refractivity contribution >= 4 is 23.1 Å². The summed E-state index contributed by atoms with van der Waals surface area (Å²) in [4.78, 5) is 22.0. The highest BCUT2D eigenvalue weighted by molar-refractivity contribution is 6.32. The second kappa shape index (κ2) is 12.6. The number of allylic oxidation sites excluding steroid dienone is 3. The van der Waals surface area contributed by atoms with Gasteiger partial charge in [0.25, 0.3) is 0 Å². The quantitative estimate of drug-likeness (QED) is 0.300. The van der Waals surface area contributed by atoms with Gasteiger partial charge in [-0.25, -0.2) is 4.98 Å². The number of rotatable bonds is 6. The second-order valence-electron chi connectivity index (χ2n) is 13.1. The van der Waals surface area contributed by atoms with Gasteiger partial charge >= 0.3 is 6.01 Å². The smallest absolute Gasteiger partial charge is 0.318 e. The number of hydrogen-bond donors (Lipinski definition) is 0. The maximum Gasteiger partial charge on any atom is 0.318 e. The van der Waals surface area contributed by atoms with E-state index in [1.54, 1.807) is 0 Å². The maximum absolute atomic E-state index is 6.72. The van der Waals surface area contributed by atoms with E-state index in [1.165, 1.54) is 50.0 Å². The van der Waals surface area contributed by atoms with Crippen LogP contribution in [0.3, 0.4) is 0 Å². The van der Waals surface area contributed by atoms with Crippen LogP contribution in [-0.2, 0) is 26.1 Å². The number of benzene rings is 1. The van der Waals surface area contributed by atoms with Crippen LogP contribution < -0.4 is 9.64 Å². The first-order chi connectivity index (χ1) is 21.5. The van der Waals surface area contributed by atoms with Crippen molar-refractivity contribution < 1.29 is 4.74 Å². The van der Waals surface area contributed by atoms with E-state index in [0.29, 0.717) is 18.0 Å². The molecule has 1 saturated heterocycles. The Morgan fingerprint density at radius 2 is 1.82 bits per heavy atom. The predicted molar refractivity (Wildman–Crippen MR) is 176 cm³/mol. The molecule has 0 unspecified atom stereocenters. The van der Waals surface area contributed by atoms with Gasteiger partial charge in [0.1, 0.15) is 11.9 Å². The molecule has 3 aromatic rings. The molecule has 2 fully saturated rings. The lowest BCUT2D eigenvalue weighted by Crippen LogP contribution is -2.42. The minimum Gasteiger partial charge on any atom is -0.460 e. The van der Waals surface area contributed by atoms with E-state index < -0.39 is 0 Å². The van der Waals surface area contributed by atoms with E-state index in [9.17, 15) is 0 Å². The van der Waals surface area contributed by atoms with Crippen LogP contribution in [0, 0.1) is 5.41 Å². The standard InChI is InChI=1S/C35H44ClN7O/c1-3-4-9-32(28-7-5-6-8-30(28)36)41-17-12-29-31(24-41)38-34(39-33(29)42-20-21-43-25-37-22-26(43)23-42)44-27-10-13-35(14-11-27)15-18-40(2)19-16-35/h3-9,22,25,27H,10-21,23-24H2,1-2H3/b4-3-,32-9+. The molecule has 0 N–H and O–H groups in total. The number of piperidine rings is 1. The van der Waals surface area contributed by atoms with Crippen LogP contribution >= 0.6 is 11.6 Å². The fourth-order valence-corrected chi connectivity index (χ4v) is 7.79. The summed E-state index contributed by atoms with van der Waals surface area (Å²) in [5, 5.41) is 0.756. The Bertz CT molecular complexity index is 1530. The van der Waals surface area contributed by atoms with Gasteiger partial charge in [-0.2, -0.15) is 9.97 Å². The first kappa shape index (κ1) is 29.4. The van der Waals surface area contributed by atoms with Crippen LogP contribution in [0.1, 0.15) is 68.0 Å². The molecular formula is C35H44ClN7O. The van der Waals surface area contributed by atoms with Crippen LogP contribution in [0.25, 0.3) is 5.70 Å². The monoisotopic (exact) mass is 613 g/mol.